The Morgan fingerprint density at radius 3 is 2.58 bits per heavy atom. The van der Waals surface area contributed by atoms with Crippen molar-refractivity contribution in [3.05, 3.63) is 56.5 Å². The van der Waals surface area contributed by atoms with Crippen LogP contribution in [0.2, 0.25) is 10.0 Å². The van der Waals surface area contributed by atoms with E-state index in [0.29, 0.717) is 16.3 Å². The average Bonchev–Trinajstić information content (AvgIpc) is 2.37. The van der Waals surface area contributed by atoms with Crippen LogP contribution in [0.1, 0.15) is 10.4 Å². The molecule has 0 fully saturated rings. The number of anilines is 1. The van der Waals surface area contributed by atoms with Crippen LogP contribution in [0.5, 0.6) is 5.75 Å². The van der Waals surface area contributed by atoms with Gasteiger partial charge in [0.25, 0.3) is 5.91 Å². The van der Waals surface area contributed by atoms with Crippen LogP contribution in [0.15, 0.2) is 40.9 Å². The molecule has 0 spiro atoms. The van der Waals surface area contributed by atoms with Crippen LogP contribution < -0.4 is 5.32 Å². The first kappa shape index (κ1) is 14.2. The fourth-order valence-electron chi connectivity index (χ4n) is 1.44. The summed E-state index contributed by atoms with van der Waals surface area (Å²) in [5.41, 5.74) is 0.899. The summed E-state index contributed by atoms with van der Waals surface area (Å²) in [6.07, 6.45) is 0. The summed E-state index contributed by atoms with van der Waals surface area (Å²) in [6, 6.07) is 9.32. The van der Waals surface area contributed by atoms with Gasteiger partial charge in [-0.15, -0.1) is 0 Å². The molecule has 2 aromatic carbocycles. The molecule has 0 saturated carbocycles. The number of phenols is 1. The number of rotatable bonds is 2. The van der Waals surface area contributed by atoms with Crippen molar-refractivity contribution in [2.24, 2.45) is 0 Å². The number of phenolic OH excluding ortho intramolecular Hbond substituents is 1. The van der Waals surface area contributed by atoms with Crippen LogP contribution in [0.3, 0.4) is 0 Å². The normalized spacial score (nSPS) is 10.3. The van der Waals surface area contributed by atoms with E-state index in [0.717, 1.165) is 4.47 Å². The molecule has 6 heteroatoms. The molecule has 0 unspecified atom stereocenters. The molecule has 0 radical (unpaired) electrons. The van der Waals surface area contributed by atoms with Gasteiger partial charge in [-0.2, -0.15) is 0 Å². The van der Waals surface area contributed by atoms with Gasteiger partial charge < -0.3 is 10.4 Å². The summed E-state index contributed by atoms with van der Waals surface area (Å²) in [7, 11) is 0. The van der Waals surface area contributed by atoms with Crippen molar-refractivity contribution < 1.29 is 9.90 Å². The summed E-state index contributed by atoms with van der Waals surface area (Å²) in [5.74, 6) is -0.410. The molecule has 0 saturated heterocycles. The molecule has 0 bridgehead atoms. The fraction of sp³-hybridized carbons (Fsp3) is 0. The highest BCUT2D eigenvalue weighted by molar-refractivity contribution is 9.10. The van der Waals surface area contributed by atoms with Gasteiger partial charge in [-0.1, -0.05) is 23.2 Å². The van der Waals surface area contributed by atoms with E-state index in [1.54, 1.807) is 18.2 Å². The van der Waals surface area contributed by atoms with Crippen molar-refractivity contribution >= 4 is 50.7 Å². The van der Waals surface area contributed by atoms with E-state index in [2.05, 4.69) is 21.2 Å². The Labute approximate surface area is 128 Å². The van der Waals surface area contributed by atoms with E-state index in [-0.39, 0.29) is 16.7 Å². The average molecular weight is 361 g/mol. The quantitative estimate of drug-likeness (QED) is 0.814. The number of halogens is 3. The molecule has 0 aliphatic carbocycles. The van der Waals surface area contributed by atoms with E-state index in [1.807, 2.05) is 0 Å². The van der Waals surface area contributed by atoms with Gasteiger partial charge in [-0.05, 0) is 52.3 Å². The van der Waals surface area contributed by atoms with Crippen molar-refractivity contribution in [3.63, 3.8) is 0 Å². The first-order valence-corrected chi connectivity index (χ1v) is 6.77. The number of amides is 1. The largest absolute Gasteiger partial charge is 0.506 e. The van der Waals surface area contributed by atoms with E-state index in [4.69, 9.17) is 23.2 Å². The van der Waals surface area contributed by atoms with Crippen LogP contribution in [-0.2, 0) is 0 Å². The number of aromatic hydroxyl groups is 1. The molecule has 0 atom stereocenters. The van der Waals surface area contributed by atoms with Crippen LogP contribution in [0.25, 0.3) is 0 Å². The summed E-state index contributed by atoms with van der Waals surface area (Å²) in [5, 5.41) is 12.6. The van der Waals surface area contributed by atoms with Crippen LogP contribution in [0, 0.1) is 0 Å². The SMILES string of the molecule is O=C(Nc1cc(Cl)ccc1Br)c1ccc(O)c(Cl)c1. The first-order chi connectivity index (χ1) is 8.97. The van der Waals surface area contributed by atoms with Crippen LogP contribution in [0.4, 0.5) is 5.69 Å². The highest BCUT2D eigenvalue weighted by Gasteiger charge is 2.10. The molecule has 98 valence electrons. The third-order valence-corrected chi connectivity index (χ3v) is 3.62. The minimum Gasteiger partial charge on any atom is -0.506 e. The Kier molecular flexibility index (Phi) is 4.34. The van der Waals surface area contributed by atoms with Crippen molar-refractivity contribution in [2.75, 3.05) is 5.32 Å². The van der Waals surface area contributed by atoms with Crippen molar-refractivity contribution in [2.45, 2.75) is 0 Å². The Bertz CT molecular complexity index is 647. The maximum absolute atomic E-state index is 12.0. The summed E-state index contributed by atoms with van der Waals surface area (Å²) in [4.78, 5) is 12.0. The van der Waals surface area contributed by atoms with Gasteiger partial charge in [-0.3, -0.25) is 4.79 Å². The molecule has 19 heavy (non-hydrogen) atoms. The first-order valence-electron chi connectivity index (χ1n) is 5.22. The van der Waals surface area contributed by atoms with Crippen molar-refractivity contribution in [1.82, 2.24) is 0 Å². The van der Waals surface area contributed by atoms with E-state index < -0.39 is 0 Å². The van der Waals surface area contributed by atoms with Crippen LogP contribution >= 0.6 is 39.1 Å². The van der Waals surface area contributed by atoms with Gasteiger partial charge in [0.15, 0.2) is 0 Å². The second kappa shape index (κ2) is 5.82. The topological polar surface area (TPSA) is 49.3 Å². The third kappa shape index (κ3) is 3.41. The van der Waals surface area contributed by atoms with Gasteiger partial charge in [0.1, 0.15) is 5.75 Å². The Morgan fingerprint density at radius 1 is 1.16 bits per heavy atom. The second-order valence-electron chi connectivity index (χ2n) is 3.74. The molecule has 2 rings (SSSR count). The standard InChI is InChI=1S/C13H8BrCl2NO2/c14-9-3-2-8(15)6-11(9)17-13(19)7-1-4-12(18)10(16)5-7/h1-6,18H,(H,17,19). The zero-order valence-electron chi connectivity index (χ0n) is 9.45. The summed E-state index contributed by atoms with van der Waals surface area (Å²) >= 11 is 14.9. The molecule has 0 aliphatic heterocycles. The monoisotopic (exact) mass is 359 g/mol. The fourth-order valence-corrected chi connectivity index (χ4v) is 2.13. The zero-order chi connectivity index (χ0) is 14.0. The number of nitrogens with one attached hydrogen (secondary N) is 1. The Morgan fingerprint density at radius 2 is 1.89 bits per heavy atom. The molecule has 2 aromatic rings. The predicted octanol–water partition coefficient (Wildman–Crippen LogP) is 4.71. The second-order valence-corrected chi connectivity index (χ2v) is 5.44. The molecule has 3 nitrogen and oxygen atoms in total. The lowest BCUT2D eigenvalue weighted by atomic mass is 10.2. The molecule has 0 aliphatic rings. The minimum absolute atomic E-state index is 0.0675. The van der Waals surface area contributed by atoms with E-state index in [9.17, 15) is 9.90 Å². The third-order valence-electron chi connectivity index (χ3n) is 2.39. The number of carbonyl (C=O) groups is 1. The predicted molar refractivity (Wildman–Crippen MR) is 80.2 cm³/mol. The molecular formula is C13H8BrCl2NO2. The molecule has 1 amide bonds. The number of benzene rings is 2. The van der Waals surface area contributed by atoms with Gasteiger partial charge in [0.05, 0.1) is 10.7 Å². The molecule has 0 heterocycles. The van der Waals surface area contributed by atoms with Crippen LogP contribution in [-0.4, -0.2) is 11.0 Å². The maximum Gasteiger partial charge on any atom is 0.255 e. The number of hydrogen-bond donors (Lipinski definition) is 2. The summed E-state index contributed by atoms with van der Waals surface area (Å²) < 4.78 is 0.718. The van der Waals surface area contributed by atoms with Gasteiger partial charge in [0, 0.05) is 15.1 Å². The number of hydrogen-bond acceptors (Lipinski definition) is 2. The lowest BCUT2D eigenvalue weighted by Gasteiger charge is -2.08. The highest BCUT2D eigenvalue weighted by atomic mass is 79.9. The minimum atomic E-state index is -0.343. The smallest absolute Gasteiger partial charge is 0.255 e. The van der Waals surface area contributed by atoms with Gasteiger partial charge in [-0.25, -0.2) is 0 Å². The van der Waals surface area contributed by atoms with Gasteiger partial charge in [0.2, 0.25) is 0 Å². The Hall–Kier alpha value is -1.23. The lowest BCUT2D eigenvalue weighted by molar-refractivity contribution is 0.102. The Balaban J connectivity index is 2.25. The number of carbonyl (C=O) groups excluding carboxylic acids is 1. The highest BCUT2D eigenvalue weighted by Crippen LogP contribution is 2.27. The molecular weight excluding hydrogens is 353 g/mol. The molecule has 2 N–H and O–H groups in total. The summed E-state index contributed by atoms with van der Waals surface area (Å²) in [6.45, 7) is 0. The lowest BCUT2D eigenvalue weighted by Crippen LogP contribution is -2.12. The van der Waals surface area contributed by atoms with E-state index in [1.165, 1.54) is 18.2 Å². The molecule has 0 aromatic heterocycles. The van der Waals surface area contributed by atoms with E-state index >= 15 is 0 Å². The van der Waals surface area contributed by atoms with Crippen molar-refractivity contribution in [3.8, 4) is 5.75 Å². The van der Waals surface area contributed by atoms with Crippen molar-refractivity contribution in [1.29, 1.82) is 0 Å². The maximum atomic E-state index is 12.0. The van der Waals surface area contributed by atoms with Gasteiger partial charge >= 0.3 is 0 Å². The zero-order valence-corrected chi connectivity index (χ0v) is 12.6.